The van der Waals surface area contributed by atoms with Crippen LogP contribution in [-0.4, -0.2) is 24.2 Å². The normalized spacial score (nSPS) is 12.0. The lowest BCUT2D eigenvalue weighted by molar-refractivity contribution is -0.136. The van der Waals surface area contributed by atoms with E-state index in [0.29, 0.717) is 19.0 Å². The third-order valence-electron chi connectivity index (χ3n) is 6.36. The molecule has 0 amide bonds. The molecule has 0 saturated carbocycles. The number of unbranched alkanes of at least 4 members (excludes halogenated alkanes) is 3. The molecule has 182 valence electrons. The van der Waals surface area contributed by atoms with E-state index in [1.807, 2.05) is 24.3 Å². The SMILES string of the molecule is CCCCCCC(CCCOc1ccc(CNCCC(=O)O)cc1)Cc1ccc(C)c(C)c1. The van der Waals surface area contributed by atoms with Crippen LogP contribution < -0.4 is 10.1 Å². The molecule has 0 aromatic heterocycles. The molecule has 4 heteroatoms. The fourth-order valence-corrected chi connectivity index (χ4v) is 4.17. The summed E-state index contributed by atoms with van der Waals surface area (Å²) in [6.45, 7) is 8.56. The van der Waals surface area contributed by atoms with Crippen LogP contribution in [0.3, 0.4) is 0 Å². The third kappa shape index (κ3) is 11.4. The number of carbonyl (C=O) groups is 1. The van der Waals surface area contributed by atoms with Gasteiger partial charge in [0.05, 0.1) is 13.0 Å². The van der Waals surface area contributed by atoms with E-state index in [1.54, 1.807) is 0 Å². The maximum absolute atomic E-state index is 10.6. The van der Waals surface area contributed by atoms with E-state index in [1.165, 1.54) is 55.2 Å². The minimum atomic E-state index is -0.775. The average molecular weight is 454 g/mol. The second kappa shape index (κ2) is 15.5. The first kappa shape index (κ1) is 26.9. The zero-order valence-corrected chi connectivity index (χ0v) is 20.9. The van der Waals surface area contributed by atoms with Crippen molar-refractivity contribution in [2.45, 2.75) is 85.1 Å². The summed E-state index contributed by atoms with van der Waals surface area (Å²) < 4.78 is 6.00. The Morgan fingerprint density at radius 1 is 0.939 bits per heavy atom. The minimum absolute atomic E-state index is 0.143. The fraction of sp³-hybridized carbons (Fsp3) is 0.552. The number of hydrogen-bond acceptors (Lipinski definition) is 3. The van der Waals surface area contributed by atoms with Crippen molar-refractivity contribution in [1.82, 2.24) is 5.32 Å². The quantitative estimate of drug-likeness (QED) is 0.257. The Kier molecular flexibility index (Phi) is 12.6. The van der Waals surface area contributed by atoms with Gasteiger partial charge in [-0.05, 0) is 73.4 Å². The van der Waals surface area contributed by atoms with Gasteiger partial charge < -0.3 is 15.2 Å². The van der Waals surface area contributed by atoms with Crippen LogP contribution in [0.1, 0.15) is 80.5 Å². The molecule has 1 unspecified atom stereocenters. The number of carboxylic acids is 1. The maximum atomic E-state index is 10.6. The minimum Gasteiger partial charge on any atom is -0.494 e. The third-order valence-corrected chi connectivity index (χ3v) is 6.36. The topological polar surface area (TPSA) is 58.6 Å². The standard InChI is InChI=1S/C29H43NO3/c1-4-5-6-7-9-25(21-27-12-11-23(2)24(3)20-27)10-8-19-33-28-15-13-26(14-16-28)22-30-18-17-29(31)32/h11-16,20,25,30H,4-10,17-19,21-22H2,1-3H3,(H,31,32). The van der Waals surface area contributed by atoms with Crippen molar-refractivity contribution < 1.29 is 14.6 Å². The zero-order chi connectivity index (χ0) is 23.9. The van der Waals surface area contributed by atoms with Gasteiger partial charge in [0.15, 0.2) is 0 Å². The van der Waals surface area contributed by atoms with Crippen LogP contribution >= 0.6 is 0 Å². The molecular formula is C29H43NO3. The van der Waals surface area contributed by atoms with Crippen molar-refractivity contribution >= 4 is 5.97 Å². The lowest BCUT2D eigenvalue weighted by Gasteiger charge is -2.18. The molecule has 2 rings (SSSR count). The molecule has 0 aliphatic carbocycles. The van der Waals surface area contributed by atoms with E-state index in [-0.39, 0.29) is 6.42 Å². The van der Waals surface area contributed by atoms with Crippen LogP contribution in [-0.2, 0) is 17.8 Å². The highest BCUT2D eigenvalue weighted by Gasteiger charge is 2.11. The molecular weight excluding hydrogens is 410 g/mol. The van der Waals surface area contributed by atoms with Gasteiger partial charge in [-0.3, -0.25) is 4.79 Å². The van der Waals surface area contributed by atoms with Gasteiger partial charge in [0.25, 0.3) is 0 Å². The first-order valence-electron chi connectivity index (χ1n) is 12.7. The largest absolute Gasteiger partial charge is 0.494 e. The Morgan fingerprint density at radius 2 is 1.67 bits per heavy atom. The molecule has 2 aromatic rings. The number of rotatable bonds is 17. The van der Waals surface area contributed by atoms with Crippen molar-refractivity contribution in [3.8, 4) is 5.75 Å². The summed E-state index contributed by atoms with van der Waals surface area (Å²) >= 11 is 0. The number of aliphatic carboxylic acids is 1. The molecule has 0 aliphatic rings. The Labute approximate surface area is 200 Å². The highest BCUT2D eigenvalue weighted by atomic mass is 16.5. The van der Waals surface area contributed by atoms with Crippen molar-refractivity contribution in [2.24, 2.45) is 5.92 Å². The second-order valence-electron chi connectivity index (χ2n) is 9.29. The Bertz CT molecular complexity index is 816. The van der Waals surface area contributed by atoms with Crippen LogP contribution in [0.5, 0.6) is 5.75 Å². The van der Waals surface area contributed by atoms with Gasteiger partial charge in [0.1, 0.15) is 5.75 Å². The lowest BCUT2D eigenvalue weighted by Crippen LogP contribution is -2.17. The van der Waals surface area contributed by atoms with Crippen molar-refractivity contribution in [1.29, 1.82) is 0 Å². The molecule has 0 fully saturated rings. The molecule has 0 radical (unpaired) electrons. The van der Waals surface area contributed by atoms with Gasteiger partial charge in [-0.15, -0.1) is 0 Å². The van der Waals surface area contributed by atoms with E-state index in [9.17, 15) is 4.79 Å². The van der Waals surface area contributed by atoms with Crippen molar-refractivity contribution in [2.75, 3.05) is 13.2 Å². The summed E-state index contributed by atoms with van der Waals surface area (Å²) in [5, 5.41) is 11.8. The lowest BCUT2D eigenvalue weighted by atomic mass is 9.89. The zero-order valence-electron chi connectivity index (χ0n) is 20.9. The number of benzene rings is 2. The molecule has 1 atom stereocenters. The van der Waals surface area contributed by atoms with Crippen LogP contribution in [0, 0.1) is 19.8 Å². The molecule has 33 heavy (non-hydrogen) atoms. The molecule has 0 aliphatic heterocycles. The molecule has 0 spiro atoms. The molecule has 2 aromatic carbocycles. The predicted octanol–water partition coefficient (Wildman–Crippen LogP) is 6.86. The summed E-state index contributed by atoms with van der Waals surface area (Å²) in [5.41, 5.74) is 5.36. The van der Waals surface area contributed by atoms with Crippen LogP contribution in [0.25, 0.3) is 0 Å². The number of nitrogens with one attached hydrogen (secondary N) is 1. The van der Waals surface area contributed by atoms with Gasteiger partial charge in [-0.1, -0.05) is 69.4 Å². The number of carboxylic acid groups (broad SMARTS) is 1. The molecule has 0 bridgehead atoms. The summed E-state index contributed by atoms with van der Waals surface area (Å²) in [5.74, 6) is 0.841. The highest BCUT2D eigenvalue weighted by molar-refractivity contribution is 5.66. The molecule has 2 N–H and O–H groups in total. The smallest absolute Gasteiger partial charge is 0.304 e. The average Bonchev–Trinajstić information content (AvgIpc) is 2.80. The first-order chi connectivity index (χ1) is 16.0. The summed E-state index contributed by atoms with van der Waals surface area (Å²) in [7, 11) is 0. The maximum Gasteiger partial charge on any atom is 0.304 e. The Hall–Kier alpha value is -2.33. The van der Waals surface area contributed by atoms with E-state index < -0.39 is 5.97 Å². The number of hydrogen-bond donors (Lipinski definition) is 2. The van der Waals surface area contributed by atoms with Gasteiger partial charge in [-0.25, -0.2) is 0 Å². The molecule has 0 heterocycles. The van der Waals surface area contributed by atoms with Gasteiger partial charge >= 0.3 is 5.97 Å². The Balaban J connectivity index is 1.75. The Morgan fingerprint density at radius 3 is 2.36 bits per heavy atom. The molecule has 4 nitrogen and oxygen atoms in total. The van der Waals surface area contributed by atoms with Gasteiger partial charge in [-0.2, -0.15) is 0 Å². The van der Waals surface area contributed by atoms with E-state index >= 15 is 0 Å². The second-order valence-corrected chi connectivity index (χ2v) is 9.29. The van der Waals surface area contributed by atoms with E-state index in [4.69, 9.17) is 9.84 Å². The number of aryl methyl sites for hydroxylation is 2. The molecule has 0 saturated heterocycles. The van der Waals surface area contributed by atoms with Crippen LogP contribution in [0.2, 0.25) is 0 Å². The van der Waals surface area contributed by atoms with Gasteiger partial charge in [0, 0.05) is 13.1 Å². The van der Waals surface area contributed by atoms with Crippen molar-refractivity contribution in [3.63, 3.8) is 0 Å². The monoisotopic (exact) mass is 453 g/mol. The highest BCUT2D eigenvalue weighted by Crippen LogP contribution is 2.23. The number of ether oxygens (including phenoxy) is 1. The summed E-state index contributed by atoms with van der Waals surface area (Å²) in [4.78, 5) is 10.6. The predicted molar refractivity (Wildman–Crippen MR) is 137 cm³/mol. The summed E-state index contributed by atoms with van der Waals surface area (Å²) in [6.07, 6.45) is 10.2. The van der Waals surface area contributed by atoms with E-state index in [0.717, 1.165) is 30.8 Å². The van der Waals surface area contributed by atoms with Gasteiger partial charge in [0.2, 0.25) is 0 Å². The van der Waals surface area contributed by atoms with Crippen molar-refractivity contribution in [3.05, 3.63) is 64.7 Å². The van der Waals surface area contributed by atoms with Crippen LogP contribution in [0.15, 0.2) is 42.5 Å². The fourth-order valence-electron chi connectivity index (χ4n) is 4.17. The summed E-state index contributed by atoms with van der Waals surface area (Å²) in [6, 6.07) is 15.0. The first-order valence-corrected chi connectivity index (χ1v) is 12.7. The van der Waals surface area contributed by atoms with E-state index in [2.05, 4.69) is 44.3 Å². The van der Waals surface area contributed by atoms with Crippen LogP contribution in [0.4, 0.5) is 0 Å².